The maximum Gasteiger partial charge on any atom is 0.512 e. The Balaban J connectivity index is 3.17. The fraction of sp³-hybridized carbons (Fsp3) is 0.250. The minimum atomic E-state index is -1.56. The fourth-order valence-corrected chi connectivity index (χ4v) is 1.94. The third-order valence-corrected chi connectivity index (χ3v) is 2.44. The Morgan fingerprint density at radius 1 is 0.941 bits per heavy atom. The molecular formula is C8H8O8S. The summed E-state index contributed by atoms with van der Waals surface area (Å²) in [4.78, 5) is 20.8. The van der Waals surface area contributed by atoms with Gasteiger partial charge in [-0.05, 0) is 0 Å². The van der Waals surface area contributed by atoms with Crippen LogP contribution in [0.3, 0.4) is 0 Å². The summed E-state index contributed by atoms with van der Waals surface area (Å²) in [5.74, 6) is -0.0905. The van der Waals surface area contributed by atoms with Gasteiger partial charge in [0, 0.05) is 0 Å². The molecule has 0 spiro atoms. The zero-order valence-corrected chi connectivity index (χ0v) is 9.57. The molecule has 0 radical (unpaired) electrons. The monoisotopic (exact) mass is 264 g/mol. The first kappa shape index (κ1) is 12.9. The summed E-state index contributed by atoms with van der Waals surface area (Å²) in [7, 11) is 2.51. The van der Waals surface area contributed by atoms with Gasteiger partial charge in [-0.15, -0.1) is 0 Å². The Kier molecular flexibility index (Phi) is 3.99. The van der Waals surface area contributed by atoms with Crippen LogP contribution in [0.15, 0.2) is 0 Å². The van der Waals surface area contributed by atoms with Crippen LogP contribution in [0.5, 0.6) is 21.6 Å². The second kappa shape index (κ2) is 5.25. The van der Waals surface area contributed by atoms with E-state index in [4.69, 9.17) is 19.7 Å². The lowest BCUT2D eigenvalue weighted by Gasteiger charge is -2.03. The maximum absolute atomic E-state index is 10.4. The number of hydrogen-bond donors (Lipinski definition) is 2. The number of hydrogen-bond acceptors (Lipinski definition) is 7. The summed E-state index contributed by atoms with van der Waals surface area (Å²) in [6.07, 6.45) is -3.12. The van der Waals surface area contributed by atoms with Crippen molar-refractivity contribution in [3.05, 3.63) is 0 Å². The highest BCUT2D eigenvalue weighted by molar-refractivity contribution is 7.16. The average molecular weight is 264 g/mol. The normalized spacial score (nSPS) is 9.53. The van der Waals surface area contributed by atoms with E-state index < -0.39 is 12.3 Å². The van der Waals surface area contributed by atoms with E-state index in [-0.39, 0.29) is 21.6 Å². The molecule has 0 atom stereocenters. The molecule has 2 N–H and O–H groups in total. The Morgan fingerprint density at radius 2 is 1.29 bits per heavy atom. The number of methoxy groups -OCH3 is 2. The Bertz CT molecular complexity index is 398. The number of carbonyl (C=O) groups is 2. The van der Waals surface area contributed by atoms with Crippen LogP contribution in [0.2, 0.25) is 0 Å². The highest BCUT2D eigenvalue weighted by Crippen LogP contribution is 2.52. The lowest BCUT2D eigenvalue weighted by molar-refractivity contribution is 0.142. The maximum atomic E-state index is 10.4. The van der Waals surface area contributed by atoms with Crippen LogP contribution >= 0.6 is 11.3 Å². The van der Waals surface area contributed by atoms with Crippen molar-refractivity contribution in [1.82, 2.24) is 0 Å². The molecule has 0 aliphatic heterocycles. The van der Waals surface area contributed by atoms with Gasteiger partial charge in [0.25, 0.3) is 0 Å². The van der Waals surface area contributed by atoms with E-state index in [0.29, 0.717) is 11.3 Å². The molecule has 17 heavy (non-hydrogen) atoms. The SMILES string of the molecule is COc1c(OC(=O)O)sc(OC(=O)O)c1OC. The predicted molar refractivity (Wildman–Crippen MR) is 54.7 cm³/mol. The molecule has 94 valence electrons. The van der Waals surface area contributed by atoms with Crippen molar-refractivity contribution in [3.8, 4) is 21.6 Å². The third kappa shape index (κ3) is 2.91. The van der Waals surface area contributed by atoms with Crippen LogP contribution in [-0.4, -0.2) is 36.7 Å². The molecule has 0 aliphatic rings. The van der Waals surface area contributed by atoms with Crippen LogP contribution < -0.4 is 18.9 Å². The van der Waals surface area contributed by atoms with Gasteiger partial charge in [0.1, 0.15) is 0 Å². The molecule has 8 nitrogen and oxygen atoms in total. The first-order valence-electron chi connectivity index (χ1n) is 4.05. The summed E-state index contributed by atoms with van der Waals surface area (Å²) >= 11 is 0.636. The standard InChI is InChI=1S/C8H8O8S/c1-13-3-4(14-2)6(16-8(11)12)17-5(3)15-7(9)10/h1-2H3,(H,9,10)(H,11,12). The lowest BCUT2D eigenvalue weighted by Crippen LogP contribution is -2.02. The van der Waals surface area contributed by atoms with Crippen LogP contribution in [-0.2, 0) is 0 Å². The molecule has 0 saturated heterocycles. The first-order valence-corrected chi connectivity index (χ1v) is 4.87. The molecule has 0 bridgehead atoms. The zero-order chi connectivity index (χ0) is 13.0. The Hall–Kier alpha value is -2.16. The topological polar surface area (TPSA) is 112 Å². The Labute approximate surface area is 98.9 Å². The van der Waals surface area contributed by atoms with Gasteiger partial charge in [0.05, 0.1) is 14.2 Å². The van der Waals surface area contributed by atoms with Crippen molar-refractivity contribution in [2.75, 3.05) is 14.2 Å². The minimum Gasteiger partial charge on any atom is -0.489 e. The van der Waals surface area contributed by atoms with E-state index in [1.165, 1.54) is 14.2 Å². The van der Waals surface area contributed by atoms with E-state index in [0.717, 1.165) is 0 Å². The van der Waals surface area contributed by atoms with E-state index >= 15 is 0 Å². The largest absolute Gasteiger partial charge is 0.512 e. The van der Waals surface area contributed by atoms with Gasteiger partial charge in [-0.3, -0.25) is 0 Å². The van der Waals surface area contributed by atoms with Crippen molar-refractivity contribution >= 4 is 23.6 Å². The summed E-state index contributed by atoms with van der Waals surface area (Å²) < 4.78 is 18.5. The quantitative estimate of drug-likeness (QED) is 0.793. The number of ether oxygens (including phenoxy) is 4. The number of thiophene rings is 1. The smallest absolute Gasteiger partial charge is 0.489 e. The van der Waals surface area contributed by atoms with Crippen molar-refractivity contribution in [2.24, 2.45) is 0 Å². The molecule has 9 heteroatoms. The van der Waals surface area contributed by atoms with Crippen molar-refractivity contribution in [2.45, 2.75) is 0 Å². The van der Waals surface area contributed by atoms with E-state index in [9.17, 15) is 9.59 Å². The highest BCUT2D eigenvalue weighted by Gasteiger charge is 2.26. The molecule has 0 aromatic carbocycles. The molecule has 1 heterocycles. The van der Waals surface area contributed by atoms with Crippen LogP contribution in [0, 0.1) is 0 Å². The summed E-state index contributed by atoms with van der Waals surface area (Å²) in [6.45, 7) is 0. The van der Waals surface area contributed by atoms with Crippen LogP contribution in [0.4, 0.5) is 9.59 Å². The van der Waals surface area contributed by atoms with Gasteiger partial charge in [-0.1, -0.05) is 11.3 Å². The molecule has 0 saturated carbocycles. The van der Waals surface area contributed by atoms with Gasteiger partial charge in [0.2, 0.25) is 21.6 Å². The van der Waals surface area contributed by atoms with Gasteiger partial charge >= 0.3 is 12.3 Å². The minimum absolute atomic E-state index is 0.0452. The molecule has 0 amide bonds. The molecule has 1 aromatic heterocycles. The number of carboxylic acid groups (broad SMARTS) is 2. The van der Waals surface area contributed by atoms with Crippen molar-refractivity contribution < 1.29 is 38.7 Å². The second-order valence-corrected chi connectivity index (χ2v) is 3.43. The van der Waals surface area contributed by atoms with Gasteiger partial charge in [-0.2, -0.15) is 0 Å². The molecule has 1 aromatic rings. The zero-order valence-electron chi connectivity index (χ0n) is 8.75. The third-order valence-electron chi connectivity index (χ3n) is 1.53. The van der Waals surface area contributed by atoms with Crippen LogP contribution in [0.25, 0.3) is 0 Å². The highest BCUT2D eigenvalue weighted by atomic mass is 32.1. The van der Waals surface area contributed by atoms with Crippen LogP contribution in [0.1, 0.15) is 0 Å². The molecule has 0 aliphatic carbocycles. The predicted octanol–water partition coefficient (Wildman–Crippen LogP) is 1.88. The van der Waals surface area contributed by atoms with Crippen molar-refractivity contribution in [3.63, 3.8) is 0 Å². The molecule has 1 rings (SSSR count). The van der Waals surface area contributed by atoms with E-state index in [1.807, 2.05) is 0 Å². The van der Waals surface area contributed by atoms with Crippen molar-refractivity contribution in [1.29, 1.82) is 0 Å². The second-order valence-electron chi connectivity index (χ2n) is 2.48. The lowest BCUT2D eigenvalue weighted by atomic mass is 10.5. The van der Waals surface area contributed by atoms with Gasteiger partial charge < -0.3 is 29.2 Å². The summed E-state index contributed by atoms with van der Waals surface area (Å²) in [6, 6.07) is 0. The number of rotatable bonds is 4. The van der Waals surface area contributed by atoms with Gasteiger partial charge in [-0.25, -0.2) is 9.59 Å². The Morgan fingerprint density at radius 3 is 1.53 bits per heavy atom. The summed E-state index contributed by atoms with van der Waals surface area (Å²) in [5, 5.41) is 16.6. The summed E-state index contributed by atoms with van der Waals surface area (Å²) in [5.41, 5.74) is 0. The molecular weight excluding hydrogens is 256 g/mol. The fourth-order valence-electron chi connectivity index (χ4n) is 1.01. The van der Waals surface area contributed by atoms with Gasteiger partial charge in [0.15, 0.2) is 0 Å². The average Bonchev–Trinajstić information content (AvgIpc) is 2.52. The van der Waals surface area contributed by atoms with E-state index in [1.54, 1.807) is 0 Å². The van der Waals surface area contributed by atoms with E-state index in [2.05, 4.69) is 9.47 Å². The molecule has 0 fully saturated rings. The molecule has 0 unspecified atom stereocenters. The first-order chi connectivity index (χ1) is 7.99.